The summed E-state index contributed by atoms with van der Waals surface area (Å²) in [5.74, 6) is -0.0962. The molecule has 1 unspecified atom stereocenters. The number of allylic oxidation sites excluding steroid dienone is 2. The van der Waals surface area contributed by atoms with Crippen LogP contribution in [0.2, 0.25) is 0 Å². The molecule has 1 aromatic carbocycles. The SMILES string of the molecule is Cl.NC/C(=C\F)CON1c2ccccc2C(=O)N2C=CC=CC21. The zero-order valence-corrected chi connectivity index (χ0v) is 13.1. The van der Waals surface area contributed by atoms with Gasteiger partial charge in [0.15, 0.2) is 6.17 Å². The highest BCUT2D eigenvalue weighted by atomic mass is 35.5. The van der Waals surface area contributed by atoms with Crippen molar-refractivity contribution in [1.29, 1.82) is 0 Å². The molecule has 2 N–H and O–H groups in total. The first-order valence-corrected chi connectivity index (χ1v) is 6.93. The first-order chi connectivity index (χ1) is 10.8. The molecule has 0 aromatic heterocycles. The first kappa shape index (κ1) is 17.2. The number of hydroxylamine groups is 1. The second-order valence-corrected chi connectivity index (χ2v) is 4.94. The van der Waals surface area contributed by atoms with Crippen LogP contribution in [0.5, 0.6) is 0 Å². The molecule has 2 heterocycles. The van der Waals surface area contributed by atoms with Crippen molar-refractivity contribution in [2.45, 2.75) is 6.17 Å². The predicted octanol–water partition coefficient (Wildman–Crippen LogP) is 2.52. The molecule has 2 aliphatic heterocycles. The molecule has 2 aliphatic rings. The van der Waals surface area contributed by atoms with Gasteiger partial charge in [0.25, 0.3) is 5.91 Å². The van der Waals surface area contributed by atoms with Crippen molar-refractivity contribution in [3.8, 4) is 0 Å². The van der Waals surface area contributed by atoms with Crippen LogP contribution >= 0.6 is 12.4 Å². The number of para-hydroxylation sites is 1. The minimum absolute atomic E-state index is 0. The number of carbonyl (C=O) groups excluding carboxylic acids is 1. The van der Waals surface area contributed by atoms with Crippen molar-refractivity contribution < 1.29 is 14.0 Å². The number of hydrogen-bond donors (Lipinski definition) is 1. The monoisotopic (exact) mass is 337 g/mol. The lowest BCUT2D eigenvalue weighted by molar-refractivity contribution is 0.0488. The molecule has 3 rings (SSSR count). The number of fused-ring (bicyclic) bond motifs is 2. The molecule has 122 valence electrons. The summed E-state index contributed by atoms with van der Waals surface area (Å²) in [4.78, 5) is 19.8. The second kappa shape index (κ2) is 7.41. The summed E-state index contributed by atoms with van der Waals surface area (Å²) >= 11 is 0. The van der Waals surface area contributed by atoms with Gasteiger partial charge in [-0.15, -0.1) is 12.4 Å². The summed E-state index contributed by atoms with van der Waals surface area (Å²) in [6, 6.07) is 7.17. The van der Waals surface area contributed by atoms with E-state index in [0.29, 0.717) is 23.2 Å². The van der Waals surface area contributed by atoms with Crippen LogP contribution in [0.3, 0.4) is 0 Å². The van der Waals surface area contributed by atoms with E-state index in [1.165, 1.54) is 0 Å². The third-order valence-electron chi connectivity index (χ3n) is 3.58. The van der Waals surface area contributed by atoms with E-state index < -0.39 is 6.17 Å². The third-order valence-corrected chi connectivity index (χ3v) is 3.58. The normalized spacial score (nSPS) is 19.3. The fraction of sp³-hybridized carbons (Fsp3) is 0.188. The summed E-state index contributed by atoms with van der Waals surface area (Å²) in [7, 11) is 0. The summed E-state index contributed by atoms with van der Waals surface area (Å²) in [5, 5.41) is 1.61. The number of carbonyl (C=O) groups is 1. The van der Waals surface area contributed by atoms with Gasteiger partial charge in [-0.25, -0.2) is 9.45 Å². The van der Waals surface area contributed by atoms with Gasteiger partial charge in [-0.05, 0) is 29.9 Å². The van der Waals surface area contributed by atoms with Crippen molar-refractivity contribution in [3.05, 3.63) is 66.2 Å². The van der Waals surface area contributed by atoms with Crippen LogP contribution < -0.4 is 10.8 Å². The van der Waals surface area contributed by atoms with Gasteiger partial charge in [0.05, 0.1) is 24.2 Å². The number of rotatable bonds is 4. The Hall–Kier alpha value is -2.15. The number of halogens is 2. The van der Waals surface area contributed by atoms with Crippen LogP contribution in [-0.4, -0.2) is 30.1 Å². The van der Waals surface area contributed by atoms with Gasteiger partial charge < -0.3 is 5.73 Å². The molecule has 0 radical (unpaired) electrons. The fourth-order valence-electron chi connectivity index (χ4n) is 2.43. The van der Waals surface area contributed by atoms with Crippen molar-refractivity contribution in [1.82, 2.24) is 4.90 Å². The quantitative estimate of drug-likeness (QED) is 0.917. The number of amides is 1. The third kappa shape index (κ3) is 3.14. The molecule has 0 saturated heterocycles. The Morgan fingerprint density at radius 2 is 2.13 bits per heavy atom. The van der Waals surface area contributed by atoms with Gasteiger partial charge in [0.1, 0.15) is 0 Å². The Balaban J connectivity index is 0.00000192. The highest BCUT2D eigenvalue weighted by Crippen LogP contribution is 2.33. The molecule has 23 heavy (non-hydrogen) atoms. The highest BCUT2D eigenvalue weighted by molar-refractivity contribution is 6.02. The standard InChI is InChI=1S/C16H16FN3O2.ClH/c17-9-12(10-18)11-22-20-14-6-2-1-5-13(14)16(21)19-8-4-3-7-15(19)20;/h1-9,15H,10-11,18H2;1H/b12-9+;. The molecule has 7 heteroatoms. The number of hydrogen-bond acceptors (Lipinski definition) is 4. The van der Waals surface area contributed by atoms with E-state index in [1.807, 2.05) is 18.2 Å². The van der Waals surface area contributed by atoms with Crippen LogP contribution in [0.4, 0.5) is 10.1 Å². The maximum absolute atomic E-state index is 12.7. The molecule has 1 atom stereocenters. The molecule has 0 saturated carbocycles. The Morgan fingerprint density at radius 1 is 1.35 bits per heavy atom. The maximum Gasteiger partial charge on any atom is 0.262 e. The lowest BCUT2D eigenvalue weighted by atomic mass is 10.1. The van der Waals surface area contributed by atoms with Crippen molar-refractivity contribution in [2.24, 2.45) is 5.73 Å². The highest BCUT2D eigenvalue weighted by Gasteiger charge is 2.36. The predicted molar refractivity (Wildman–Crippen MR) is 88.6 cm³/mol. The zero-order valence-electron chi connectivity index (χ0n) is 12.3. The molecular weight excluding hydrogens is 321 g/mol. The van der Waals surface area contributed by atoms with E-state index in [0.717, 1.165) is 0 Å². The van der Waals surface area contributed by atoms with E-state index in [4.69, 9.17) is 10.6 Å². The van der Waals surface area contributed by atoms with Crippen LogP contribution in [0.25, 0.3) is 0 Å². The van der Waals surface area contributed by atoms with Crippen LogP contribution in [-0.2, 0) is 4.84 Å². The summed E-state index contributed by atoms with van der Waals surface area (Å²) in [5.41, 5.74) is 6.99. The van der Waals surface area contributed by atoms with Crippen LogP contribution in [0, 0.1) is 0 Å². The fourth-order valence-corrected chi connectivity index (χ4v) is 2.43. The molecule has 0 bridgehead atoms. The molecule has 5 nitrogen and oxygen atoms in total. The minimum atomic E-state index is -0.397. The van der Waals surface area contributed by atoms with E-state index >= 15 is 0 Å². The van der Waals surface area contributed by atoms with Crippen molar-refractivity contribution >= 4 is 24.0 Å². The number of benzene rings is 1. The Bertz CT molecular complexity index is 675. The largest absolute Gasteiger partial charge is 0.327 e. The van der Waals surface area contributed by atoms with Gasteiger partial charge in [0, 0.05) is 12.7 Å². The Labute approximate surface area is 139 Å². The Kier molecular flexibility index (Phi) is 5.54. The summed E-state index contributed by atoms with van der Waals surface area (Å²) in [6.07, 6.45) is 7.23. The maximum atomic E-state index is 12.7. The van der Waals surface area contributed by atoms with Gasteiger partial charge in [0.2, 0.25) is 0 Å². The van der Waals surface area contributed by atoms with E-state index in [1.54, 1.807) is 40.4 Å². The zero-order chi connectivity index (χ0) is 15.5. The minimum Gasteiger partial charge on any atom is -0.327 e. The number of anilines is 1. The van der Waals surface area contributed by atoms with Crippen LogP contribution in [0.1, 0.15) is 10.4 Å². The molecule has 1 amide bonds. The van der Waals surface area contributed by atoms with E-state index in [2.05, 4.69) is 0 Å². The molecule has 0 spiro atoms. The van der Waals surface area contributed by atoms with Gasteiger partial charge in [-0.1, -0.05) is 18.2 Å². The smallest absolute Gasteiger partial charge is 0.262 e. The lowest BCUT2D eigenvalue weighted by Gasteiger charge is -2.42. The van der Waals surface area contributed by atoms with Gasteiger partial charge in [-0.3, -0.25) is 14.5 Å². The Morgan fingerprint density at radius 3 is 2.87 bits per heavy atom. The first-order valence-electron chi connectivity index (χ1n) is 6.93. The molecule has 0 fully saturated rings. The second-order valence-electron chi connectivity index (χ2n) is 4.94. The van der Waals surface area contributed by atoms with Crippen LogP contribution in [0.15, 0.2) is 60.6 Å². The number of nitrogens with zero attached hydrogens (tertiary/aromatic N) is 2. The topological polar surface area (TPSA) is 58.8 Å². The van der Waals surface area contributed by atoms with E-state index in [-0.39, 0.29) is 31.5 Å². The lowest BCUT2D eigenvalue weighted by Crippen LogP contribution is -2.52. The average Bonchev–Trinajstić information content (AvgIpc) is 2.58. The number of nitrogens with two attached hydrogens (primary N) is 1. The summed E-state index contributed by atoms with van der Waals surface area (Å²) < 4.78 is 12.7. The molecular formula is C16H17ClFN3O2. The molecule has 1 aromatic rings. The van der Waals surface area contributed by atoms with E-state index in [9.17, 15) is 9.18 Å². The van der Waals surface area contributed by atoms with Gasteiger partial charge >= 0.3 is 0 Å². The average molecular weight is 338 g/mol. The molecule has 0 aliphatic carbocycles. The van der Waals surface area contributed by atoms with Crippen molar-refractivity contribution in [3.63, 3.8) is 0 Å². The van der Waals surface area contributed by atoms with Crippen molar-refractivity contribution in [2.75, 3.05) is 18.2 Å². The summed E-state index contributed by atoms with van der Waals surface area (Å²) in [6.45, 7) is 0.104. The van der Waals surface area contributed by atoms with Gasteiger partial charge in [-0.2, -0.15) is 0 Å².